The van der Waals surface area contributed by atoms with E-state index in [9.17, 15) is 14.4 Å². The van der Waals surface area contributed by atoms with Gasteiger partial charge >= 0.3 is 0 Å². The summed E-state index contributed by atoms with van der Waals surface area (Å²) in [5.41, 5.74) is 2.53. The fourth-order valence-corrected chi connectivity index (χ4v) is 4.59. The summed E-state index contributed by atoms with van der Waals surface area (Å²) in [6, 6.07) is 12.6. The molecule has 1 saturated carbocycles. The first-order valence-corrected chi connectivity index (χ1v) is 11.6. The number of rotatable bonds is 5. The van der Waals surface area contributed by atoms with Crippen LogP contribution in [0.25, 0.3) is 0 Å². The summed E-state index contributed by atoms with van der Waals surface area (Å²) in [5.74, 6) is -1.06. The van der Waals surface area contributed by atoms with Crippen molar-refractivity contribution in [1.82, 2.24) is 5.32 Å². The van der Waals surface area contributed by atoms with E-state index in [-0.39, 0.29) is 36.7 Å². The van der Waals surface area contributed by atoms with Gasteiger partial charge in [-0.3, -0.25) is 14.4 Å². The van der Waals surface area contributed by atoms with Gasteiger partial charge in [-0.25, -0.2) is 0 Å². The molecule has 0 aromatic heterocycles. The van der Waals surface area contributed by atoms with Crippen LogP contribution in [0.2, 0.25) is 5.02 Å². The van der Waals surface area contributed by atoms with Crippen LogP contribution in [0.5, 0.6) is 0 Å². The van der Waals surface area contributed by atoms with Gasteiger partial charge in [0.15, 0.2) is 0 Å². The number of para-hydroxylation sites is 1. The smallest absolute Gasteiger partial charge is 0.253 e. The number of halogens is 1. The van der Waals surface area contributed by atoms with E-state index < -0.39 is 5.92 Å². The molecular formula is C25H28ClN3O3. The monoisotopic (exact) mass is 453 g/mol. The number of carbonyl (C=O) groups excluding carboxylic acids is 3. The number of hydrogen-bond acceptors (Lipinski definition) is 3. The third kappa shape index (κ3) is 4.96. The Hall–Kier alpha value is -2.86. The molecule has 2 aromatic rings. The van der Waals surface area contributed by atoms with E-state index in [4.69, 9.17) is 11.6 Å². The molecule has 2 aromatic carbocycles. The Bertz CT molecular complexity index is 1030. The van der Waals surface area contributed by atoms with Crippen LogP contribution in [-0.4, -0.2) is 30.3 Å². The minimum atomic E-state index is -0.503. The fraction of sp³-hybridized carbons (Fsp3) is 0.400. The highest BCUT2D eigenvalue weighted by Gasteiger charge is 2.35. The first kappa shape index (κ1) is 22.3. The van der Waals surface area contributed by atoms with Crippen molar-refractivity contribution < 1.29 is 14.4 Å². The molecule has 1 heterocycles. The minimum absolute atomic E-state index is 0.117. The maximum atomic E-state index is 13.0. The summed E-state index contributed by atoms with van der Waals surface area (Å²) in [6.07, 6.45) is 5.56. The zero-order valence-electron chi connectivity index (χ0n) is 18.2. The lowest BCUT2D eigenvalue weighted by molar-refractivity contribution is -0.122. The number of hydrogen-bond donors (Lipinski definition) is 2. The average molecular weight is 454 g/mol. The molecule has 2 fully saturated rings. The standard InChI is InChI=1S/C25H28ClN3O3/c1-16-11-12-19(14-21(16)26)29-15-17(13-23(29)30)24(31)28-22-10-6-5-9-20(22)25(32)27-18-7-3-2-4-8-18/h5-6,9-12,14,17-18H,2-4,7-8,13,15H2,1H3,(H,27,32)(H,28,31). The van der Waals surface area contributed by atoms with Gasteiger partial charge in [0, 0.05) is 29.7 Å². The van der Waals surface area contributed by atoms with Gasteiger partial charge in [-0.2, -0.15) is 0 Å². The number of nitrogens with one attached hydrogen (secondary N) is 2. The maximum Gasteiger partial charge on any atom is 0.253 e. The molecule has 2 N–H and O–H groups in total. The van der Waals surface area contributed by atoms with Gasteiger partial charge in [-0.15, -0.1) is 0 Å². The molecule has 0 spiro atoms. The van der Waals surface area contributed by atoms with E-state index in [1.807, 2.05) is 19.1 Å². The van der Waals surface area contributed by atoms with Crippen molar-refractivity contribution in [3.63, 3.8) is 0 Å². The predicted molar refractivity (Wildman–Crippen MR) is 126 cm³/mol. The zero-order valence-corrected chi connectivity index (χ0v) is 19.0. The van der Waals surface area contributed by atoms with Crippen LogP contribution in [0.1, 0.15) is 54.4 Å². The minimum Gasteiger partial charge on any atom is -0.349 e. The predicted octanol–water partition coefficient (Wildman–Crippen LogP) is 4.70. The third-order valence-corrected chi connectivity index (χ3v) is 6.74. The van der Waals surface area contributed by atoms with Gasteiger partial charge < -0.3 is 15.5 Å². The summed E-state index contributed by atoms with van der Waals surface area (Å²) in [4.78, 5) is 40.0. The van der Waals surface area contributed by atoms with Crippen molar-refractivity contribution >= 4 is 40.7 Å². The number of aryl methyl sites for hydroxylation is 1. The van der Waals surface area contributed by atoms with Crippen molar-refractivity contribution in [3.8, 4) is 0 Å². The molecule has 1 saturated heterocycles. The van der Waals surface area contributed by atoms with Crippen LogP contribution in [0, 0.1) is 12.8 Å². The second-order valence-electron chi connectivity index (χ2n) is 8.68. The Labute approximate surface area is 193 Å². The highest BCUT2D eigenvalue weighted by molar-refractivity contribution is 6.31. The van der Waals surface area contributed by atoms with Gasteiger partial charge in [-0.1, -0.05) is 49.1 Å². The van der Waals surface area contributed by atoms with Crippen LogP contribution in [0.4, 0.5) is 11.4 Å². The molecule has 0 bridgehead atoms. The lowest BCUT2D eigenvalue weighted by Crippen LogP contribution is -2.36. The molecule has 3 amide bonds. The highest BCUT2D eigenvalue weighted by Crippen LogP contribution is 2.30. The Morgan fingerprint density at radius 3 is 2.56 bits per heavy atom. The van der Waals surface area contributed by atoms with E-state index in [0.717, 1.165) is 31.2 Å². The average Bonchev–Trinajstić information content (AvgIpc) is 3.18. The number of carbonyl (C=O) groups is 3. The van der Waals surface area contributed by atoms with Gasteiger partial charge in [0.2, 0.25) is 11.8 Å². The molecule has 2 aliphatic rings. The second kappa shape index (κ2) is 9.74. The molecule has 0 radical (unpaired) electrons. The molecule has 32 heavy (non-hydrogen) atoms. The quantitative estimate of drug-likeness (QED) is 0.688. The normalized spacial score (nSPS) is 19.1. The number of nitrogens with zero attached hydrogens (tertiary/aromatic N) is 1. The van der Waals surface area contributed by atoms with Crippen LogP contribution in [0.15, 0.2) is 42.5 Å². The van der Waals surface area contributed by atoms with Gasteiger partial charge in [0.25, 0.3) is 5.91 Å². The van der Waals surface area contributed by atoms with E-state index in [1.54, 1.807) is 35.2 Å². The third-order valence-electron chi connectivity index (χ3n) is 6.33. The largest absolute Gasteiger partial charge is 0.349 e. The Morgan fingerprint density at radius 1 is 1.06 bits per heavy atom. The SMILES string of the molecule is Cc1ccc(N2CC(C(=O)Nc3ccccc3C(=O)NC3CCCCC3)CC2=O)cc1Cl. The van der Waals surface area contributed by atoms with Crippen LogP contribution in [-0.2, 0) is 9.59 Å². The van der Waals surface area contributed by atoms with Crippen molar-refractivity contribution in [2.24, 2.45) is 5.92 Å². The summed E-state index contributed by atoms with van der Waals surface area (Å²) in [7, 11) is 0. The lowest BCUT2D eigenvalue weighted by atomic mass is 9.95. The molecular weight excluding hydrogens is 426 g/mol. The van der Waals surface area contributed by atoms with Crippen molar-refractivity contribution in [3.05, 3.63) is 58.6 Å². The molecule has 4 rings (SSSR count). The number of benzene rings is 2. The Kier molecular flexibility index (Phi) is 6.80. The summed E-state index contributed by atoms with van der Waals surface area (Å²) in [6.45, 7) is 2.18. The summed E-state index contributed by atoms with van der Waals surface area (Å²) >= 11 is 6.21. The van der Waals surface area contributed by atoms with Gasteiger partial charge in [0.05, 0.1) is 17.2 Å². The van der Waals surface area contributed by atoms with Crippen molar-refractivity contribution in [2.75, 3.05) is 16.8 Å². The van der Waals surface area contributed by atoms with Crippen LogP contribution in [0.3, 0.4) is 0 Å². The molecule has 7 heteroatoms. The first-order chi connectivity index (χ1) is 15.4. The van der Waals surface area contributed by atoms with Crippen LogP contribution < -0.4 is 15.5 Å². The summed E-state index contributed by atoms with van der Waals surface area (Å²) < 4.78 is 0. The molecule has 1 atom stereocenters. The summed E-state index contributed by atoms with van der Waals surface area (Å²) in [5, 5.41) is 6.56. The van der Waals surface area contributed by atoms with E-state index >= 15 is 0 Å². The Balaban J connectivity index is 1.43. The molecule has 1 aliphatic heterocycles. The highest BCUT2D eigenvalue weighted by atomic mass is 35.5. The fourth-order valence-electron chi connectivity index (χ4n) is 4.42. The topological polar surface area (TPSA) is 78.5 Å². The van der Waals surface area contributed by atoms with Crippen LogP contribution >= 0.6 is 11.6 Å². The second-order valence-corrected chi connectivity index (χ2v) is 9.09. The molecule has 1 unspecified atom stereocenters. The van der Waals surface area contributed by atoms with Crippen molar-refractivity contribution in [1.29, 1.82) is 0 Å². The number of anilines is 2. The number of amides is 3. The van der Waals surface area contributed by atoms with Gasteiger partial charge in [-0.05, 0) is 49.6 Å². The maximum absolute atomic E-state index is 13.0. The van der Waals surface area contributed by atoms with Crippen molar-refractivity contribution in [2.45, 2.75) is 51.5 Å². The molecule has 168 valence electrons. The zero-order chi connectivity index (χ0) is 22.7. The Morgan fingerprint density at radius 2 is 1.81 bits per heavy atom. The van der Waals surface area contributed by atoms with Gasteiger partial charge in [0.1, 0.15) is 0 Å². The lowest BCUT2D eigenvalue weighted by Gasteiger charge is -2.23. The molecule has 6 nitrogen and oxygen atoms in total. The van der Waals surface area contributed by atoms with E-state index in [2.05, 4.69) is 10.6 Å². The van der Waals surface area contributed by atoms with E-state index in [0.29, 0.717) is 22.0 Å². The van der Waals surface area contributed by atoms with E-state index in [1.165, 1.54) is 6.42 Å². The molecule has 1 aliphatic carbocycles. The first-order valence-electron chi connectivity index (χ1n) is 11.2.